The lowest BCUT2D eigenvalue weighted by atomic mass is 9.99. The molecule has 29 heavy (non-hydrogen) atoms. The van der Waals surface area contributed by atoms with E-state index in [2.05, 4.69) is 15.2 Å². The second-order valence-corrected chi connectivity index (χ2v) is 7.51. The fraction of sp³-hybridized carbons (Fsp3) is 0.0455. The van der Waals surface area contributed by atoms with E-state index in [1.165, 1.54) is 15.9 Å². The van der Waals surface area contributed by atoms with Crippen molar-refractivity contribution < 1.29 is 0 Å². The number of aromatic nitrogens is 4. The Kier molecular flexibility index (Phi) is 4.12. The molecule has 0 amide bonds. The van der Waals surface area contributed by atoms with Gasteiger partial charge in [-0.3, -0.25) is 4.57 Å². The van der Waals surface area contributed by atoms with E-state index in [-0.39, 0.29) is 6.54 Å². The van der Waals surface area contributed by atoms with Gasteiger partial charge in [0.25, 0.3) is 0 Å². The van der Waals surface area contributed by atoms with E-state index in [0.717, 1.165) is 31.8 Å². The summed E-state index contributed by atoms with van der Waals surface area (Å²) in [6, 6.07) is 21.9. The van der Waals surface area contributed by atoms with Crippen LogP contribution in [0.2, 0.25) is 0 Å². The Morgan fingerprint density at radius 2 is 1.62 bits per heavy atom. The van der Waals surface area contributed by atoms with E-state index in [4.69, 9.17) is 5.26 Å². The number of rotatable bonds is 3. The predicted molar refractivity (Wildman–Crippen MR) is 113 cm³/mol. The molecule has 7 heteroatoms. The van der Waals surface area contributed by atoms with Gasteiger partial charge in [0.05, 0.1) is 15.5 Å². The summed E-state index contributed by atoms with van der Waals surface area (Å²) in [6.45, 7) is -0.0392. The van der Waals surface area contributed by atoms with E-state index >= 15 is 0 Å². The van der Waals surface area contributed by atoms with Crippen LogP contribution in [-0.4, -0.2) is 19.7 Å². The largest absolute Gasteiger partial charge is 0.349 e. The zero-order valence-electron chi connectivity index (χ0n) is 15.1. The number of fused-ring (bicyclic) bond motifs is 3. The third-order valence-corrected chi connectivity index (χ3v) is 5.80. The summed E-state index contributed by atoms with van der Waals surface area (Å²) >= 11 is 1.51. The van der Waals surface area contributed by atoms with Crippen molar-refractivity contribution in [3.05, 3.63) is 77.3 Å². The standard InChI is InChI=1S/C22H13N5OS/c23-11-12-27-13-16-19(24-22(27)28)20-21(29-16)17(14-7-3-1-4-8-14)18(25-26-20)15-9-5-2-6-10-15/h1-10,13H,12H2. The molecule has 0 fully saturated rings. The Hall–Kier alpha value is -3.89. The van der Waals surface area contributed by atoms with Gasteiger partial charge in [0.15, 0.2) is 0 Å². The Balaban J connectivity index is 1.89. The second kappa shape index (κ2) is 6.93. The van der Waals surface area contributed by atoms with Gasteiger partial charge in [-0.25, -0.2) is 4.79 Å². The topological polar surface area (TPSA) is 84.5 Å². The van der Waals surface area contributed by atoms with Crippen LogP contribution in [0.25, 0.3) is 42.8 Å². The molecule has 3 heterocycles. The second-order valence-electron chi connectivity index (χ2n) is 6.46. The van der Waals surface area contributed by atoms with Gasteiger partial charge in [0.1, 0.15) is 23.3 Å². The summed E-state index contributed by atoms with van der Waals surface area (Å²) in [6.07, 6.45) is 1.68. The fourth-order valence-corrected chi connectivity index (χ4v) is 4.55. The van der Waals surface area contributed by atoms with Crippen molar-refractivity contribution >= 4 is 31.8 Å². The molecule has 0 saturated carbocycles. The van der Waals surface area contributed by atoms with E-state index < -0.39 is 5.69 Å². The summed E-state index contributed by atoms with van der Waals surface area (Å²) in [7, 11) is 0. The van der Waals surface area contributed by atoms with Gasteiger partial charge < -0.3 is 0 Å². The molecule has 0 spiro atoms. The normalized spacial score (nSPS) is 11.0. The van der Waals surface area contributed by atoms with Crippen LogP contribution >= 0.6 is 11.3 Å². The Morgan fingerprint density at radius 3 is 2.31 bits per heavy atom. The van der Waals surface area contributed by atoms with Gasteiger partial charge in [0.2, 0.25) is 0 Å². The Morgan fingerprint density at radius 1 is 0.931 bits per heavy atom. The van der Waals surface area contributed by atoms with Gasteiger partial charge in [-0.15, -0.1) is 21.5 Å². The number of nitriles is 1. The lowest BCUT2D eigenvalue weighted by Crippen LogP contribution is -2.21. The molecule has 0 saturated heterocycles. The lowest BCUT2D eigenvalue weighted by molar-refractivity contribution is 0.765. The molecule has 0 aliphatic carbocycles. The highest BCUT2D eigenvalue weighted by atomic mass is 32.1. The van der Waals surface area contributed by atoms with E-state index in [9.17, 15) is 4.79 Å². The average molecular weight is 395 g/mol. The molecule has 0 bridgehead atoms. The molecule has 0 unspecified atom stereocenters. The van der Waals surface area contributed by atoms with Gasteiger partial charge in [-0.2, -0.15) is 10.2 Å². The minimum absolute atomic E-state index is 0.0392. The summed E-state index contributed by atoms with van der Waals surface area (Å²) in [5.74, 6) is 0. The summed E-state index contributed by atoms with van der Waals surface area (Å²) in [5, 5.41) is 17.9. The summed E-state index contributed by atoms with van der Waals surface area (Å²) in [5.41, 5.74) is 4.39. The van der Waals surface area contributed by atoms with Gasteiger partial charge >= 0.3 is 5.69 Å². The van der Waals surface area contributed by atoms with Gasteiger partial charge in [-0.1, -0.05) is 60.7 Å². The summed E-state index contributed by atoms with van der Waals surface area (Å²) in [4.78, 5) is 16.4. The van der Waals surface area contributed by atoms with Crippen LogP contribution in [0.3, 0.4) is 0 Å². The molecular weight excluding hydrogens is 382 g/mol. The van der Waals surface area contributed by atoms with Crippen molar-refractivity contribution in [2.24, 2.45) is 0 Å². The molecule has 0 radical (unpaired) electrons. The van der Waals surface area contributed by atoms with Crippen LogP contribution in [0.4, 0.5) is 0 Å². The quantitative estimate of drug-likeness (QED) is 0.456. The van der Waals surface area contributed by atoms with Crippen molar-refractivity contribution in [3.8, 4) is 28.5 Å². The van der Waals surface area contributed by atoms with Crippen molar-refractivity contribution in [3.63, 3.8) is 0 Å². The van der Waals surface area contributed by atoms with Gasteiger partial charge in [-0.05, 0) is 5.56 Å². The maximum Gasteiger partial charge on any atom is 0.349 e. The molecular formula is C22H13N5OS. The minimum atomic E-state index is -0.464. The van der Waals surface area contributed by atoms with Crippen LogP contribution in [0.5, 0.6) is 0 Å². The highest BCUT2D eigenvalue weighted by molar-refractivity contribution is 7.26. The first-order chi connectivity index (χ1) is 14.3. The first-order valence-corrected chi connectivity index (χ1v) is 9.76. The third-order valence-electron chi connectivity index (χ3n) is 4.68. The third kappa shape index (κ3) is 2.87. The number of hydrogen-bond acceptors (Lipinski definition) is 6. The number of hydrogen-bond donors (Lipinski definition) is 0. The van der Waals surface area contributed by atoms with Crippen LogP contribution in [0.15, 0.2) is 71.7 Å². The summed E-state index contributed by atoms with van der Waals surface area (Å²) < 4.78 is 3.03. The zero-order valence-corrected chi connectivity index (χ0v) is 15.9. The van der Waals surface area contributed by atoms with Crippen LogP contribution in [0.1, 0.15) is 0 Å². The molecule has 138 valence electrons. The van der Waals surface area contributed by atoms with Gasteiger partial charge in [0, 0.05) is 17.3 Å². The predicted octanol–water partition coefficient (Wildman–Crippen LogP) is 4.26. The number of thiophene rings is 1. The highest BCUT2D eigenvalue weighted by Gasteiger charge is 2.20. The molecule has 0 aliphatic rings. The lowest BCUT2D eigenvalue weighted by Gasteiger charge is -2.09. The maximum atomic E-state index is 12.3. The zero-order chi connectivity index (χ0) is 19.8. The Labute approximate surface area is 169 Å². The molecule has 0 atom stereocenters. The first-order valence-electron chi connectivity index (χ1n) is 8.94. The SMILES string of the molecule is N#CCn1cc2sc3c(-c4ccccc4)c(-c4ccccc4)nnc3c2nc1=O. The molecule has 6 nitrogen and oxygen atoms in total. The van der Waals surface area contributed by atoms with Crippen LogP contribution in [0, 0.1) is 11.3 Å². The first kappa shape index (κ1) is 17.2. The van der Waals surface area contributed by atoms with Crippen molar-refractivity contribution in [1.29, 1.82) is 5.26 Å². The monoisotopic (exact) mass is 395 g/mol. The minimum Gasteiger partial charge on any atom is -0.284 e. The Bertz CT molecular complexity index is 1450. The van der Waals surface area contributed by atoms with Crippen LogP contribution in [-0.2, 0) is 6.54 Å². The molecule has 3 aromatic heterocycles. The average Bonchev–Trinajstić information content (AvgIpc) is 3.12. The van der Waals surface area contributed by atoms with Crippen molar-refractivity contribution in [2.75, 3.05) is 0 Å². The highest BCUT2D eigenvalue weighted by Crippen LogP contribution is 2.41. The van der Waals surface area contributed by atoms with E-state index in [1.807, 2.05) is 66.7 Å². The molecule has 0 N–H and O–H groups in total. The number of benzene rings is 2. The van der Waals surface area contributed by atoms with E-state index in [1.54, 1.807) is 6.20 Å². The van der Waals surface area contributed by atoms with Crippen molar-refractivity contribution in [1.82, 2.24) is 19.7 Å². The smallest absolute Gasteiger partial charge is 0.284 e. The fourth-order valence-electron chi connectivity index (χ4n) is 3.36. The van der Waals surface area contributed by atoms with Crippen molar-refractivity contribution in [2.45, 2.75) is 6.54 Å². The van der Waals surface area contributed by atoms with E-state index in [0.29, 0.717) is 11.0 Å². The van der Waals surface area contributed by atoms with Crippen LogP contribution < -0.4 is 5.69 Å². The molecule has 2 aromatic carbocycles. The number of nitrogens with zero attached hydrogens (tertiary/aromatic N) is 5. The maximum absolute atomic E-state index is 12.3. The molecule has 0 aliphatic heterocycles. The molecule has 5 rings (SSSR count). The molecule has 5 aromatic rings.